The van der Waals surface area contributed by atoms with Crippen molar-refractivity contribution in [3.63, 3.8) is 0 Å². The Morgan fingerprint density at radius 1 is 0.905 bits per heavy atom. The Kier molecular flexibility index (Phi) is 8.34. The fourth-order valence-electron chi connectivity index (χ4n) is 4.90. The summed E-state index contributed by atoms with van der Waals surface area (Å²) in [5, 5.41) is 18.1. The molecular formula is C34H31N3O5. The normalized spacial score (nSPS) is 13.0. The van der Waals surface area contributed by atoms with E-state index in [1.807, 2.05) is 66.7 Å². The Bertz CT molecular complexity index is 1790. The van der Waals surface area contributed by atoms with Crippen LogP contribution in [0.2, 0.25) is 0 Å². The number of nitrogens with one attached hydrogen (secondary N) is 3. The van der Waals surface area contributed by atoms with Gasteiger partial charge in [0.25, 0.3) is 0 Å². The molecule has 2 atom stereocenters. The highest BCUT2D eigenvalue weighted by Gasteiger charge is 2.27. The molecule has 0 spiro atoms. The molecule has 212 valence electrons. The average Bonchev–Trinajstić information content (AvgIpc) is 3.42. The molecule has 0 bridgehead atoms. The number of carbonyl (C=O) groups excluding carboxylic acids is 2. The molecule has 5 rings (SSSR count). The van der Waals surface area contributed by atoms with Crippen LogP contribution in [-0.2, 0) is 20.8 Å². The lowest BCUT2D eigenvalue weighted by atomic mass is 9.96. The summed E-state index contributed by atoms with van der Waals surface area (Å²) in [5.41, 5.74) is 2.83. The van der Waals surface area contributed by atoms with Gasteiger partial charge in [0, 0.05) is 23.5 Å². The Labute approximate surface area is 243 Å². The van der Waals surface area contributed by atoms with Crippen molar-refractivity contribution in [3.8, 4) is 5.75 Å². The van der Waals surface area contributed by atoms with Gasteiger partial charge >= 0.3 is 5.97 Å². The van der Waals surface area contributed by atoms with Crippen molar-refractivity contribution < 1.29 is 24.2 Å². The van der Waals surface area contributed by atoms with E-state index < -0.39 is 23.8 Å². The molecular weight excluding hydrogens is 530 g/mol. The molecule has 2 amide bonds. The van der Waals surface area contributed by atoms with E-state index in [-0.39, 0.29) is 18.0 Å². The monoisotopic (exact) mass is 561 g/mol. The van der Waals surface area contributed by atoms with Crippen LogP contribution in [0.15, 0.2) is 103 Å². The third-order valence-corrected chi connectivity index (χ3v) is 7.30. The molecule has 0 radical (unpaired) electrons. The number of hydrogen-bond donors (Lipinski definition) is 4. The van der Waals surface area contributed by atoms with E-state index in [0.717, 1.165) is 38.6 Å². The lowest BCUT2D eigenvalue weighted by Crippen LogP contribution is -2.49. The van der Waals surface area contributed by atoms with Gasteiger partial charge in [-0.25, -0.2) is 4.79 Å². The van der Waals surface area contributed by atoms with Crippen molar-refractivity contribution in [3.05, 3.63) is 120 Å². The quantitative estimate of drug-likeness (QED) is 0.170. The third-order valence-electron chi connectivity index (χ3n) is 7.30. The second-order valence-electron chi connectivity index (χ2n) is 10.1. The molecule has 1 heterocycles. The number of fused-ring (bicyclic) bond motifs is 2. The zero-order chi connectivity index (χ0) is 29.6. The van der Waals surface area contributed by atoms with Crippen molar-refractivity contribution in [1.82, 2.24) is 15.6 Å². The number of carboxylic acid groups (broad SMARTS) is 1. The first-order valence-electron chi connectivity index (χ1n) is 13.6. The van der Waals surface area contributed by atoms with Crippen molar-refractivity contribution in [2.24, 2.45) is 0 Å². The highest BCUT2D eigenvalue weighted by atomic mass is 16.5. The zero-order valence-corrected chi connectivity index (χ0v) is 23.3. The largest absolute Gasteiger partial charge is 0.497 e. The topological polar surface area (TPSA) is 121 Å². The van der Waals surface area contributed by atoms with Gasteiger partial charge < -0.3 is 25.5 Å². The van der Waals surface area contributed by atoms with Gasteiger partial charge in [0.1, 0.15) is 17.5 Å². The summed E-state index contributed by atoms with van der Waals surface area (Å²) in [6.45, 7) is 1.78. The molecule has 42 heavy (non-hydrogen) atoms. The highest BCUT2D eigenvalue weighted by molar-refractivity contribution is 6.00. The number of aromatic amines is 1. The lowest BCUT2D eigenvalue weighted by molar-refractivity contribution is -0.135. The van der Waals surface area contributed by atoms with Crippen molar-refractivity contribution in [2.75, 3.05) is 7.11 Å². The first-order chi connectivity index (χ1) is 20.3. The van der Waals surface area contributed by atoms with Crippen molar-refractivity contribution in [1.29, 1.82) is 0 Å². The number of amides is 2. The molecule has 4 aromatic carbocycles. The van der Waals surface area contributed by atoms with Crippen LogP contribution >= 0.6 is 0 Å². The average molecular weight is 562 g/mol. The van der Waals surface area contributed by atoms with Crippen LogP contribution in [0, 0.1) is 0 Å². The van der Waals surface area contributed by atoms with Gasteiger partial charge in [-0.05, 0) is 58.7 Å². The summed E-state index contributed by atoms with van der Waals surface area (Å²) in [4.78, 5) is 42.4. The molecule has 0 unspecified atom stereocenters. The molecule has 0 aliphatic heterocycles. The fourth-order valence-corrected chi connectivity index (χ4v) is 4.90. The summed E-state index contributed by atoms with van der Waals surface area (Å²) >= 11 is 0. The summed E-state index contributed by atoms with van der Waals surface area (Å²) in [6.07, 6.45) is 3.34. The van der Waals surface area contributed by atoms with Gasteiger partial charge in [-0.2, -0.15) is 0 Å². The zero-order valence-electron chi connectivity index (χ0n) is 23.3. The molecule has 8 heteroatoms. The minimum Gasteiger partial charge on any atom is -0.497 e. The first-order valence-corrected chi connectivity index (χ1v) is 13.6. The van der Waals surface area contributed by atoms with Crippen LogP contribution in [-0.4, -0.2) is 41.0 Å². The Morgan fingerprint density at radius 2 is 1.62 bits per heavy atom. The third kappa shape index (κ3) is 6.33. The predicted molar refractivity (Wildman–Crippen MR) is 163 cm³/mol. The van der Waals surface area contributed by atoms with Gasteiger partial charge in [0.2, 0.25) is 11.8 Å². The van der Waals surface area contributed by atoms with Crippen LogP contribution < -0.4 is 15.4 Å². The second kappa shape index (κ2) is 12.4. The molecule has 5 aromatic rings. The van der Waals surface area contributed by atoms with Gasteiger partial charge in [-0.15, -0.1) is 0 Å². The van der Waals surface area contributed by atoms with E-state index in [1.54, 1.807) is 44.5 Å². The van der Waals surface area contributed by atoms with E-state index >= 15 is 0 Å². The van der Waals surface area contributed by atoms with Crippen molar-refractivity contribution >= 4 is 45.5 Å². The number of carbonyl (C=O) groups is 3. The van der Waals surface area contributed by atoms with Gasteiger partial charge in [0.05, 0.1) is 13.0 Å². The summed E-state index contributed by atoms with van der Waals surface area (Å²) in [7, 11) is 1.61. The summed E-state index contributed by atoms with van der Waals surface area (Å²) in [5.74, 6) is -2.10. The van der Waals surface area contributed by atoms with Crippen LogP contribution in [0.1, 0.15) is 29.5 Å². The second-order valence-corrected chi connectivity index (χ2v) is 10.1. The number of ether oxygens (including phenoxy) is 1. The molecule has 0 aliphatic rings. The molecule has 4 N–H and O–H groups in total. The molecule has 0 fully saturated rings. The maximum Gasteiger partial charge on any atom is 0.352 e. The number of benzene rings is 4. The van der Waals surface area contributed by atoms with E-state index in [1.165, 1.54) is 6.08 Å². The number of para-hydroxylation sites is 1. The number of aromatic nitrogens is 1. The van der Waals surface area contributed by atoms with Crippen molar-refractivity contribution in [2.45, 2.75) is 25.3 Å². The lowest BCUT2D eigenvalue weighted by Gasteiger charge is -2.21. The highest BCUT2D eigenvalue weighted by Crippen LogP contribution is 2.26. The molecule has 0 saturated carbocycles. The van der Waals surface area contributed by atoms with E-state index in [2.05, 4.69) is 15.6 Å². The number of rotatable bonds is 10. The standard InChI is InChI=1S/C34H31N3O5/c1-21(23-12-13-25-18-27(42-2)15-14-24(25)17-23)32(38)36-30(19-26-20-35-29-11-7-6-10-28(26)29)33(39)37-31(34(40)41)16-22-8-4-3-5-9-22/h3-18,20-21,30,35H,19H2,1-2H3,(H,36,38)(H,37,39)(H,40,41)/b31-16-/t21-,30-/m0/s1. The maximum atomic E-state index is 13.6. The first kappa shape index (κ1) is 28.2. The Balaban J connectivity index is 1.41. The summed E-state index contributed by atoms with van der Waals surface area (Å²) < 4.78 is 5.30. The molecule has 0 aliphatic carbocycles. The molecule has 0 saturated heterocycles. The Hall–Kier alpha value is -5.37. The molecule has 1 aromatic heterocycles. The van der Waals surface area contributed by atoms with Crippen LogP contribution in [0.4, 0.5) is 0 Å². The maximum absolute atomic E-state index is 13.6. The number of methoxy groups -OCH3 is 1. The van der Waals surface area contributed by atoms with Gasteiger partial charge in [-0.3, -0.25) is 9.59 Å². The minimum absolute atomic E-state index is 0.157. The molecule has 8 nitrogen and oxygen atoms in total. The number of hydrogen-bond acceptors (Lipinski definition) is 4. The van der Waals surface area contributed by atoms with Gasteiger partial charge in [-0.1, -0.05) is 72.8 Å². The summed E-state index contributed by atoms with van der Waals surface area (Å²) in [6, 6.07) is 26.9. The number of carboxylic acids is 1. The van der Waals surface area contributed by atoms with Crippen LogP contribution in [0.5, 0.6) is 5.75 Å². The van der Waals surface area contributed by atoms with E-state index in [9.17, 15) is 19.5 Å². The van der Waals surface area contributed by atoms with Crippen LogP contribution in [0.25, 0.3) is 27.8 Å². The fraction of sp³-hybridized carbons (Fsp3) is 0.147. The number of H-pyrrole nitrogens is 1. The number of aliphatic carboxylic acids is 1. The predicted octanol–water partition coefficient (Wildman–Crippen LogP) is 5.40. The Morgan fingerprint density at radius 3 is 2.38 bits per heavy atom. The van der Waals surface area contributed by atoms with Crippen LogP contribution in [0.3, 0.4) is 0 Å². The SMILES string of the molecule is COc1ccc2cc([C@H](C)C(=O)N[C@@H](Cc3c[nH]c4ccccc34)C(=O)N/C(=C\c3ccccc3)C(=O)O)ccc2c1. The smallest absolute Gasteiger partial charge is 0.352 e. The van der Waals surface area contributed by atoms with E-state index in [4.69, 9.17) is 4.74 Å². The van der Waals surface area contributed by atoms with Gasteiger partial charge in [0.15, 0.2) is 0 Å². The minimum atomic E-state index is -1.29. The van der Waals surface area contributed by atoms with E-state index in [0.29, 0.717) is 5.56 Å².